The Bertz CT molecular complexity index is 612. The minimum absolute atomic E-state index is 0.170. The van der Waals surface area contributed by atoms with Gasteiger partial charge in [-0.1, -0.05) is 12.1 Å². The van der Waals surface area contributed by atoms with Crippen LogP contribution in [0.25, 0.3) is 11.1 Å². The van der Waals surface area contributed by atoms with Gasteiger partial charge in [-0.25, -0.2) is 4.39 Å². The highest BCUT2D eigenvalue weighted by Crippen LogP contribution is 2.26. The summed E-state index contributed by atoms with van der Waals surface area (Å²) in [6, 6.07) is 11.8. The van der Waals surface area contributed by atoms with Crippen LogP contribution in [-0.4, -0.2) is 5.11 Å². The number of aryl methyl sites for hydroxylation is 1. The molecule has 0 fully saturated rings. The Kier molecular flexibility index (Phi) is 3.40. The lowest BCUT2D eigenvalue weighted by Gasteiger charge is -2.08. The van der Waals surface area contributed by atoms with Crippen LogP contribution in [-0.2, 0) is 6.61 Å². The summed E-state index contributed by atoms with van der Waals surface area (Å²) < 4.78 is 13.9. The van der Waals surface area contributed by atoms with Crippen molar-refractivity contribution in [3.8, 4) is 17.2 Å². The number of rotatable bonds is 2. The Balaban J connectivity index is 2.50. The van der Waals surface area contributed by atoms with E-state index in [-0.39, 0.29) is 12.4 Å². The van der Waals surface area contributed by atoms with Gasteiger partial charge in [0.25, 0.3) is 0 Å². The lowest BCUT2D eigenvalue weighted by Crippen LogP contribution is -1.93. The molecule has 0 aliphatic heterocycles. The summed E-state index contributed by atoms with van der Waals surface area (Å²) in [7, 11) is 0. The molecule has 90 valence electrons. The molecular weight excluding hydrogens is 229 g/mol. The summed E-state index contributed by atoms with van der Waals surface area (Å²) in [6.07, 6.45) is 0. The predicted octanol–water partition coefficient (Wildman–Crippen LogP) is 3.17. The normalized spacial score (nSPS) is 10.1. The number of aliphatic hydroxyl groups is 1. The van der Waals surface area contributed by atoms with Gasteiger partial charge in [0, 0.05) is 5.56 Å². The van der Waals surface area contributed by atoms with E-state index in [0.29, 0.717) is 16.7 Å². The van der Waals surface area contributed by atoms with Crippen molar-refractivity contribution in [3.63, 3.8) is 0 Å². The molecule has 0 bridgehead atoms. The molecule has 0 unspecified atom stereocenters. The summed E-state index contributed by atoms with van der Waals surface area (Å²) in [4.78, 5) is 0. The fraction of sp³-hybridized carbons (Fsp3) is 0.133. The second-order valence-electron chi connectivity index (χ2n) is 4.11. The number of hydrogen-bond acceptors (Lipinski definition) is 2. The highest BCUT2D eigenvalue weighted by Gasteiger charge is 2.08. The second kappa shape index (κ2) is 4.99. The third-order valence-electron chi connectivity index (χ3n) is 2.92. The van der Waals surface area contributed by atoms with Gasteiger partial charge in [0.15, 0.2) is 0 Å². The molecule has 0 radical (unpaired) electrons. The third kappa shape index (κ3) is 2.24. The molecule has 0 saturated heterocycles. The Morgan fingerprint density at radius 1 is 1.22 bits per heavy atom. The van der Waals surface area contributed by atoms with Gasteiger partial charge in [0.05, 0.1) is 18.2 Å². The first-order chi connectivity index (χ1) is 8.65. The van der Waals surface area contributed by atoms with E-state index in [9.17, 15) is 4.39 Å². The molecule has 0 heterocycles. The standard InChI is InChI=1S/C15H12FNO/c1-10-6-14(15(16)7-13(10)9-18)12-4-2-11(8-17)3-5-12/h2-7,18H,9H2,1H3. The van der Waals surface area contributed by atoms with Crippen molar-refractivity contribution >= 4 is 0 Å². The molecule has 0 aromatic heterocycles. The molecule has 2 rings (SSSR count). The van der Waals surface area contributed by atoms with E-state index in [1.165, 1.54) is 6.07 Å². The minimum Gasteiger partial charge on any atom is -0.392 e. The largest absolute Gasteiger partial charge is 0.392 e. The van der Waals surface area contributed by atoms with Crippen molar-refractivity contribution in [2.24, 2.45) is 0 Å². The summed E-state index contributed by atoms with van der Waals surface area (Å²) in [5.41, 5.74) is 3.18. The Morgan fingerprint density at radius 2 is 1.89 bits per heavy atom. The van der Waals surface area contributed by atoms with E-state index >= 15 is 0 Å². The zero-order chi connectivity index (χ0) is 13.1. The lowest BCUT2D eigenvalue weighted by atomic mass is 9.98. The highest BCUT2D eigenvalue weighted by atomic mass is 19.1. The van der Waals surface area contributed by atoms with Crippen LogP contribution in [0, 0.1) is 24.1 Å². The van der Waals surface area contributed by atoms with E-state index in [1.807, 2.05) is 13.0 Å². The Morgan fingerprint density at radius 3 is 2.44 bits per heavy atom. The number of nitriles is 1. The molecule has 0 aliphatic rings. The molecule has 0 spiro atoms. The van der Waals surface area contributed by atoms with Crippen LogP contribution in [0.5, 0.6) is 0 Å². The van der Waals surface area contributed by atoms with Gasteiger partial charge in [-0.05, 0) is 47.9 Å². The molecule has 3 heteroatoms. The fourth-order valence-corrected chi connectivity index (χ4v) is 1.84. The topological polar surface area (TPSA) is 44.0 Å². The van der Waals surface area contributed by atoms with E-state index in [1.54, 1.807) is 30.3 Å². The minimum atomic E-state index is -0.366. The van der Waals surface area contributed by atoms with Gasteiger partial charge < -0.3 is 5.11 Å². The number of nitrogens with zero attached hydrogens (tertiary/aromatic N) is 1. The maximum Gasteiger partial charge on any atom is 0.131 e. The van der Waals surface area contributed by atoms with Gasteiger partial charge in [0.2, 0.25) is 0 Å². The monoisotopic (exact) mass is 241 g/mol. The summed E-state index contributed by atoms with van der Waals surface area (Å²) in [5.74, 6) is -0.366. The number of aliphatic hydroxyl groups excluding tert-OH is 1. The summed E-state index contributed by atoms with van der Waals surface area (Å²) in [6.45, 7) is 1.66. The highest BCUT2D eigenvalue weighted by molar-refractivity contribution is 5.66. The molecule has 1 N–H and O–H groups in total. The van der Waals surface area contributed by atoms with Gasteiger partial charge in [-0.2, -0.15) is 5.26 Å². The van der Waals surface area contributed by atoms with Crippen molar-refractivity contribution in [1.29, 1.82) is 5.26 Å². The van der Waals surface area contributed by atoms with Crippen LogP contribution >= 0.6 is 0 Å². The predicted molar refractivity (Wildman–Crippen MR) is 67.2 cm³/mol. The fourth-order valence-electron chi connectivity index (χ4n) is 1.84. The van der Waals surface area contributed by atoms with Gasteiger partial charge in [-0.15, -0.1) is 0 Å². The molecule has 0 amide bonds. The molecular formula is C15H12FNO. The van der Waals surface area contributed by atoms with Crippen LogP contribution in [0.4, 0.5) is 4.39 Å². The Hall–Kier alpha value is -2.18. The second-order valence-corrected chi connectivity index (χ2v) is 4.11. The zero-order valence-corrected chi connectivity index (χ0v) is 9.94. The van der Waals surface area contributed by atoms with Crippen LogP contribution in [0.2, 0.25) is 0 Å². The number of hydrogen-bond donors (Lipinski definition) is 1. The SMILES string of the molecule is Cc1cc(-c2ccc(C#N)cc2)c(F)cc1CO. The molecule has 0 atom stereocenters. The quantitative estimate of drug-likeness (QED) is 0.877. The first-order valence-corrected chi connectivity index (χ1v) is 5.56. The van der Waals surface area contributed by atoms with Gasteiger partial charge in [-0.3, -0.25) is 0 Å². The van der Waals surface area contributed by atoms with E-state index in [4.69, 9.17) is 10.4 Å². The lowest BCUT2D eigenvalue weighted by molar-refractivity contribution is 0.280. The first kappa shape index (κ1) is 12.3. The van der Waals surface area contributed by atoms with Crippen molar-refractivity contribution < 1.29 is 9.50 Å². The maximum atomic E-state index is 13.9. The van der Waals surface area contributed by atoms with E-state index in [2.05, 4.69) is 0 Å². The average Bonchev–Trinajstić information content (AvgIpc) is 2.41. The Labute approximate surface area is 105 Å². The molecule has 0 saturated carbocycles. The van der Waals surface area contributed by atoms with Gasteiger partial charge >= 0.3 is 0 Å². The van der Waals surface area contributed by atoms with Crippen molar-refractivity contribution in [2.45, 2.75) is 13.5 Å². The molecule has 18 heavy (non-hydrogen) atoms. The van der Waals surface area contributed by atoms with Crippen molar-refractivity contribution in [3.05, 3.63) is 58.9 Å². The zero-order valence-electron chi connectivity index (χ0n) is 9.94. The number of benzene rings is 2. The average molecular weight is 241 g/mol. The van der Waals surface area contributed by atoms with Crippen LogP contribution in [0.15, 0.2) is 36.4 Å². The number of halogens is 1. The molecule has 0 aliphatic carbocycles. The van der Waals surface area contributed by atoms with Crippen molar-refractivity contribution in [1.82, 2.24) is 0 Å². The van der Waals surface area contributed by atoms with Crippen LogP contribution in [0.1, 0.15) is 16.7 Å². The molecule has 2 aromatic carbocycles. The first-order valence-electron chi connectivity index (χ1n) is 5.56. The van der Waals surface area contributed by atoms with Crippen LogP contribution < -0.4 is 0 Å². The van der Waals surface area contributed by atoms with Gasteiger partial charge in [0.1, 0.15) is 5.82 Å². The maximum absolute atomic E-state index is 13.9. The smallest absolute Gasteiger partial charge is 0.131 e. The molecule has 2 nitrogen and oxygen atoms in total. The summed E-state index contributed by atoms with van der Waals surface area (Å²) >= 11 is 0. The van der Waals surface area contributed by atoms with Crippen LogP contribution in [0.3, 0.4) is 0 Å². The third-order valence-corrected chi connectivity index (χ3v) is 2.92. The van der Waals surface area contributed by atoms with E-state index < -0.39 is 0 Å². The molecule has 2 aromatic rings. The van der Waals surface area contributed by atoms with Crippen molar-refractivity contribution in [2.75, 3.05) is 0 Å². The summed E-state index contributed by atoms with van der Waals surface area (Å²) in [5, 5.41) is 17.8. The van der Waals surface area contributed by atoms with E-state index in [0.717, 1.165) is 11.1 Å².